The van der Waals surface area contributed by atoms with Crippen LogP contribution >= 0.6 is 0 Å². The van der Waals surface area contributed by atoms with Gasteiger partial charge in [0.25, 0.3) is 0 Å². The molecule has 0 aliphatic heterocycles. The molecule has 0 saturated heterocycles. The summed E-state index contributed by atoms with van der Waals surface area (Å²) in [5, 5.41) is -5.43. The molecule has 218 valence electrons. The maximum atomic E-state index is 15.4. The average molecular weight is 614 g/mol. The summed E-state index contributed by atoms with van der Waals surface area (Å²) in [6.07, 6.45) is -6.03. The standard InChI is InChI=1S/C27H5F15/c28-7-1-2-8-9(5-7)12(6-3-10(29)18(31)11(30)4-6)14-15(20(33)26(39)25(38)19(14)32)13(8)16-21(34)23(36)17(27(40,41)42)24(37)22(16)35/h1-5H. The van der Waals surface area contributed by atoms with Crippen molar-refractivity contribution in [1.82, 2.24) is 0 Å². The molecule has 15 heteroatoms. The van der Waals surface area contributed by atoms with Crippen molar-refractivity contribution in [2.75, 3.05) is 0 Å². The highest BCUT2D eigenvalue weighted by Crippen LogP contribution is 2.49. The van der Waals surface area contributed by atoms with Crippen LogP contribution in [0.5, 0.6) is 0 Å². The van der Waals surface area contributed by atoms with Crippen molar-refractivity contribution in [3.8, 4) is 22.3 Å². The van der Waals surface area contributed by atoms with Crippen LogP contribution in [0.25, 0.3) is 43.8 Å². The molecule has 0 unspecified atom stereocenters. The number of benzene rings is 5. The molecule has 42 heavy (non-hydrogen) atoms. The largest absolute Gasteiger partial charge is 0.422 e. The van der Waals surface area contributed by atoms with Gasteiger partial charge in [0.2, 0.25) is 0 Å². The highest BCUT2D eigenvalue weighted by molar-refractivity contribution is 6.21. The van der Waals surface area contributed by atoms with Gasteiger partial charge in [-0.05, 0) is 40.6 Å². The highest BCUT2D eigenvalue weighted by atomic mass is 19.4. The van der Waals surface area contributed by atoms with Crippen LogP contribution in [0, 0.1) is 69.8 Å². The van der Waals surface area contributed by atoms with E-state index in [1.165, 1.54) is 0 Å². The summed E-state index contributed by atoms with van der Waals surface area (Å²) >= 11 is 0. The molecule has 5 rings (SSSR count). The average Bonchev–Trinajstić information content (AvgIpc) is 2.91. The first-order valence-electron chi connectivity index (χ1n) is 11.0. The van der Waals surface area contributed by atoms with Crippen molar-refractivity contribution in [3.63, 3.8) is 0 Å². The van der Waals surface area contributed by atoms with Crippen LogP contribution in [0.3, 0.4) is 0 Å². The normalized spacial score (nSPS) is 12.2. The maximum Gasteiger partial charge on any atom is 0.422 e. The van der Waals surface area contributed by atoms with Crippen molar-refractivity contribution in [2.45, 2.75) is 6.18 Å². The number of fused-ring (bicyclic) bond motifs is 2. The van der Waals surface area contributed by atoms with Gasteiger partial charge in [0, 0.05) is 21.9 Å². The third kappa shape index (κ3) is 4.04. The van der Waals surface area contributed by atoms with Gasteiger partial charge in [-0.15, -0.1) is 0 Å². The molecular formula is C27H5F15. The Morgan fingerprint density at radius 2 is 0.881 bits per heavy atom. The monoisotopic (exact) mass is 614 g/mol. The van der Waals surface area contributed by atoms with Crippen molar-refractivity contribution >= 4 is 21.5 Å². The number of hydrogen-bond donors (Lipinski definition) is 0. The Balaban J connectivity index is 2.16. The van der Waals surface area contributed by atoms with E-state index in [1.807, 2.05) is 0 Å². The van der Waals surface area contributed by atoms with Crippen LogP contribution < -0.4 is 0 Å². The molecule has 0 aromatic heterocycles. The van der Waals surface area contributed by atoms with E-state index in [0.717, 1.165) is 0 Å². The summed E-state index contributed by atoms with van der Waals surface area (Å²) in [5.74, 6) is -29.6. The van der Waals surface area contributed by atoms with E-state index in [9.17, 15) is 48.3 Å². The Labute approximate surface area is 222 Å². The van der Waals surface area contributed by atoms with E-state index in [1.54, 1.807) is 0 Å². The smallest absolute Gasteiger partial charge is 0.207 e. The predicted molar refractivity (Wildman–Crippen MR) is 117 cm³/mol. The van der Waals surface area contributed by atoms with E-state index in [0.29, 0.717) is 18.2 Å². The van der Waals surface area contributed by atoms with Crippen LogP contribution in [-0.4, -0.2) is 0 Å². The summed E-state index contributed by atoms with van der Waals surface area (Å²) in [6.45, 7) is 0. The fourth-order valence-corrected chi connectivity index (χ4v) is 4.67. The first-order chi connectivity index (χ1) is 19.5. The molecule has 5 aromatic rings. The van der Waals surface area contributed by atoms with Gasteiger partial charge in [-0.1, -0.05) is 6.07 Å². The lowest BCUT2D eigenvalue weighted by Crippen LogP contribution is -2.16. The van der Waals surface area contributed by atoms with Gasteiger partial charge in [0.05, 0.1) is 5.56 Å². The second-order valence-electron chi connectivity index (χ2n) is 8.70. The molecule has 0 aliphatic carbocycles. The van der Waals surface area contributed by atoms with E-state index >= 15 is 17.6 Å². The fraction of sp³-hybridized carbons (Fsp3) is 0.0370. The molecular weight excluding hydrogens is 609 g/mol. The summed E-state index contributed by atoms with van der Waals surface area (Å²) < 4.78 is 215. The van der Waals surface area contributed by atoms with Crippen LogP contribution in [0.2, 0.25) is 0 Å². The van der Waals surface area contributed by atoms with Gasteiger partial charge in [-0.3, -0.25) is 0 Å². The predicted octanol–water partition coefficient (Wildman–Crippen LogP) is 10.0. The lowest BCUT2D eigenvalue weighted by atomic mass is 9.84. The SMILES string of the molecule is Fc1ccc2c(-c3c(F)c(F)c(C(F)(F)F)c(F)c3F)c3c(F)c(F)c(F)c(F)c3c(-c3cc(F)c(F)c(F)c3)c2c1. The van der Waals surface area contributed by atoms with Crippen LogP contribution in [0.15, 0.2) is 30.3 Å². The summed E-state index contributed by atoms with van der Waals surface area (Å²) in [4.78, 5) is 0. The first-order valence-corrected chi connectivity index (χ1v) is 11.0. The highest BCUT2D eigenvalue weighted by Gasteiger charge is 2.43. The Morgan fingerprint density at radius 3 is 1.36 bits per heavy atom. The molecule has 0 heterocycles. The lowest BCUT2D eigenvalue weighted by Gasteiger charge is -2.21. The zero-order valence-corrected chi connectivity index (χ0v) is 19.6. The van der Waals surface area contributed by atoms with E-state index < -0.39 is 125 Å². The third-order valence-electron chi connectivity index (χ3n) is 6.36. The van der Waals surface area contributed by atoms with Gasteiger partial charge in [-0.25, -0.2) is 52.7 Å². The minimum absolute atomic E-state index is 0.119. The molecule has 0 aliphatic rings. The number of alkyl halides is 3. The summed E-state index contributed by atoms with van der Waals surface area (Å²) in [7, 11) is 0. The zero-order valence-electron chi connectivity index (χ0n) is 19.6. The minimum Gasteiger partial charge on any atom is -0.207 e. The van der Waals surface area contributed by atoms with Crippen LogP contribution in [-0.2, 0) is 6.18 Å². The van der Waals surface area contributed by atoms with Crippen LogP contribution in [0.1, 0.15) is 5.56 Å². The molecule has 0 N–H and O–H groups in total. The summed E-state index contributed by atoms with van der Waals surface area (Å²) in [6, 6.07) is 1.46. The molecule has 0 atom stereocenters. The van der Waals surface area contributed by atoms with Gasteiger partial charge in [-0.2, -0.15) is 13.2 Å². The van der Waals surface area contributed by atoms with Gasteiger partial charge >= 0.3 is 6.18 Å². The second-order valence-corrected chi connectivity index (χ2v) is 8.70. The van der Waals surface area contributed by atoms with Crippen molar-refractivity contribution in [3.05, 3.63) is 106 Å². The molecule has 0 nitrogen and oxygen atoms in total. The Kier molecular flexibility index (Phi) is 6.62. The molecule has 0 bridgehead atoms. The Hall–Kier alpha value is -4.43. The first kappa shape index (κ1) is 29.1. The van der Waals surface area contributed by atoms with Crippen LogP contribution in [0.4, 0.5) is 65.9 Å². The third-order valence-corrected chi connectivity index (χ3v) is 6.36. The molecule has 0 spiro atoms. The van der Waals surface area contributed by atoms with E-state index in [4.69, 9.17) is 0 Å². The molecule has 0 amide bonds. The maximum absolute atomic E-state index is 15.4. The molecule has 0 saturated carbocycles. The van der Waals surface area contributed by atoms with E-state index in [-0.39, 0.29) is 12.1 Å². The Morgan fingerprint density at radius 1 is 0.405 bits per heavy atom. The van der Waals surface area contributed by atoms with Gasteiger partial charge in [0.1, 0.15) is 11.4 Å². The molecule has 5 aromatic carbocycles. The zero-order chi connectivity index (χ0) is 31.2. The quantitative estimate of drug-likeness (QED) is 0.0804. The molecule has 0 radical (unpaired) electrons. The second kappa shape index (κ2) is 9.56. The number of halogens is 15. The van der Waals surface area contributed by atoms with Gasteiger partial charge in [0.15, 0.2) is 64.0 Å². The summed E-state index contributed by atoms with van der Waals surface area (Å²) in [5.41, 5.74) is -9.03. The fourth-order valence-electron chi connectivity index (χ4n) is 4.67. The van der Waals surface area contributed by atoms with Crippen molar-refractivity contribution in [1.29, 1.82) is 0 Å². The van der Waals surface area contributed by atoms with Crippen molar-refractivity contribution in [2.24, 2.45) is 0 Å². The van der Waals surface area contributed by atoms with Crippen molar-refractivity contribution < 1.29 is 65.9 Å². The molecule has 0 fully saturated rings. The number of rotatable bonds is 2. The van der Waals surface area contributed by atoms with Gasteiger partial charge < -0.3 is 0 Å². The van der Waals surface area contributed by atoms with E-state index in [2.05, 4.69) is 0 Å². The number of hydrogen-bond acceptors (Lipinski definition) is 0. The lowest BCUT2D eigenvalue weighted by molar-refractivity contribution is -0.143. The minimum atomic E-state index is -6.03. The Bertz CT molecular complexity index is 1940. The topological polar surface area (TPSA) is 0 Å².